The van der Waals surface area contributed by atoms with Crippen LogP contribution in [-0.2, 0) is 0 Å². The molecule has 182 valence electrons. The van der Waals surface area contributed by atoms with Crippen LogP contribution in [0.4, 0.5) is 23.0 Å². The molecule has 1 N–H and O–H groups in total. The van der Waals surface area contributed by atoms with E-state index in [2.05, 4.69) is 32.7 Å². The molecule has 0 bridgehead atoms. The van der Waals surface area contributed by atoms with E-state index in [9.17, 15) is 10.1 Å². The number of nitro benzene ring substituents is 1. The molecule has 0 atom stereocenters. The van der Waals surface area contributed by atoms with Crippen LogP contribution in [0.25, 0.3) is 16.9 Å². The highest BCUT2D eigenvalue weighted by Gasteiger charge is 2.22. The van der Waals surface area contributed by atoms with Crippen molar-refractivity contribution in [3.8, 4) is 17.1 Å². The Kier molecular flexibility index (Phi) is 6.83. The molecule has 10 nitrogen and oxygen atoms in total. The molecule has 0 aliphatic heterocycles. The van der Waals surface area contributed by atoms with Gasteiger partial charge in [0.2, 0.25) is 5.95 Å². The monoisotopic (exact) mass is 475 g/mol. The fourth-order valence-electron chi connectivity index (χ4n) is 3.86. The molecular formula is C25H29N7O3. The Morgan fingerprint density at radius 3 is 2.63 bits per heavy atom. The van der Waals surface area contributed by atoms with E-state index in [0.717, 1.165) is 23.4 Å². The van der Waals surface area contributed by atoms with Crippen LogP contribution >= 0.6 is 0 Å². The number of aryl methyl sites for hydroxylation is 1. The van der Waals surface area contributed by atoms with Crippen molar-refractivity contribution < 1.29 is 9.66 Å². The normalized spacial score (nSPS) is 11.1. The van der Waals surface area contributed by atoms with Crippen molar-refractivity contribution >= 4 is 28.5 Å². The molecule has 0 spiro atoms. The molecule has 0 aliphatic rings. The molecule has 0 unspecified atom stereocenters. The van der Waals surface area contributed by atoms with Crippen LogP contribution in [0.2, 0.25) is 0 Å². The van der Waals surface area contributed by atoms with Crippen LogP contribution in [0.1, 0.15) is 5.56 Å². The van der Waals surface area contributed by atoms with Crippen LogP contribution in [0.3, 0.4) is 0 Å². The van der Waals surface area contributed by atoms with Crippen LogP contribution in [0.5, 0.6) is 5.75 Å². The van der Waals surface area contributed by atoms with Crippen LogP contribution < -0.4 is 15.0 Å². The summed E-state index contributed by atoms with van der Waals surface area (Å²) < 4.78 is 7.62. The third kappa shape index (κ3) is 5.17. The first-order chi connectivity index (χ1) is 16.8. The Balaban J connectivity index is 1.68. The Hall–Kier alpha value is -4.18. The van der Waals surface area contributed by atoms with E-state index in [1.165, 1.54) is 18.7 Å². The minimum Gasteiger partial charge on any atom is -0.494 e. The quantitative estimate of drug-likeness (QED) is 0.281. The first-order valence-corrected chi connectivity index (χ1v) is 11.2. The molecule has 1 aromatic carbocycles. The van der Waals surface area contributed by atoms with Gasteiger partial charge in [-0.15, -0.1) is 0 Å². The Morgan fingerprint density at radius 2 is 1.91 bits per heavy atom. The lowest BCUT2D eigenvalue weighted by Crippen LogP contribution is -2.28. The molecule has 0 aliphatic carbocycles. The number of benzene rings is 1. The second-order valence-electron chi connectivity index (χ2n) is 8.63. The van der Waals surface area contributed by atoms with Gasteiger partial charge >= 0.3 is 0 Å². The molecule has 10 heteroatoms. The number of hydrogen-bond donors (Lipinski definition) is 1. The van der Waals surface area contributed by atoms with Gasteiger partial charge < -0.3 is 24.3 Å². The minimum absolute atomic E-state index is 0.0290. The number of fused-ring (bicyclic) bond motifs is 1. The molecule has 0 saturated carbocycles. The molecular weight excluding hydrogens is 446 g/mol. The lowest BCUT2D eigenvalue weighted by atomic mass is 10.2. The molecule has 35 heavy (non-hydrogen) atoms. The first-order valence-electron chi connectivity index (χ1n) is 11.2. The van der Waals surface area contributed by atoms with E-state index in [1.807, 2.05) is 61.4 Å². The molecule has 0 radical (unpaired) electrons. The average molecular weight is 476 g/mol. The highest BCUT2D eigenvalue weighted by atomic mass is 16.6. The van der Waals surface area contributed by atoms with Crippen LogP contribution in [-0.4, -0.2) is 65.5 Å². The van der Waals surface area contributed by atoms with E-state index in [-0.39, 0.29) is 5.69 Å². The van der Waals surface area contributed by atoms with Gasteiger partial charge in [-0.1, -0.05) is 0 Å². The van der Waals surface area contributed by atoms with Gasteiger partial charge in [0.25, 0.3) is 5.69 Å². The largest absolute Gasteiger partial charge is 0.494 e. The fourth-order valence-corrected chi connectivity index (χ4v) is 3.86. The van der Waals surface area contributed by atoms with Crippen LogP contribution in [0, 0.1) is 17.0 Å². The Bertz CT molecular complexity index is 1370. The molecule has 3 aromatic heterocycles. The average Bonchev–Trinajstić information content (AvgIpc) is 3.25. The topological polar surface area (TPSA) is 101 Å². The molecule has 4 rings (SSSR count). The molecule has 4 aromatic rings. The van der Waals surface area contributed by atoms with Gasteiger partial charge in [0.1, 0.15) is 11.4 Å². The van der Waals surface area contributed by atoms with Gasteiger partial charge in [-0.2, -0.15) is 0 Å². The van der Waals surface area contributed by atoms with Crippen molar-refractivity contribution in [1.82, 2.24) is 19.3 Å². The highest BCUT2D eigenvalue weighted by molar-refractivity contribution is 5.77. The summed E-state index contributed by atoms with van der Waals surface area (Å²) in [5, 5.41) is 15.0. The third-order valence-electron chi connectivity index (χ3n) is 5.76. The smallest absolute Gasteiger partial charge is 0.294 e. The number of ether oxygens (including phenoxy) is 1. The zero-order valence-electron chi connectivity index (χ0n) is 20.5. The second kappa shape index (κ2) is 9.98. The van der Waals surface area contributed by atoms with E-state index in [0.29, 0.717) is 29.6 Å². The van der Waals surface area contributed by atoms with E-state index in [4.69, 9.17) is 4.74 Å². The van der Waals surface area contributed by atoms with Gasteiger partial charge in [0.15, 0.2) is 0 Å². The first kappa shape index (κ1) is 24.0. The molecule has 0 amide bonds. The van der Waals surface area contributed by atoms with Crippen molar-refractivity contribution in [3.05, 3.63) is 70.5 Å². The molecule has 3 heterocycles. The summed E-state index contributed by atoms with van der Waals surface area (Å²) in [6.07, 6.45) is 3.66. The summed E-state index contributed by atoms with van der Waals surface area (Å²) >= 11 is 0. The number of pyridine rings is 1. The lowest BCUT2D eigenvalue weighted by molar-refractivity contribution is -0.384. The molecule has 0 saturated heterocycles. The van der Waals surface area contributed by atoms with E-state index < -0.39 is 4.92 Å². The van der Waals surface area contributed by atoms with Gasteiger partial charge in [0, 0.05) is 50.2 Å². The highest BCUT2D eigenvalue weighted by Crippen LogP contribution is 2.39. The summed E-state index contributed by atoms with van der Waals surface area (Å²) in [6.45, 7) is 3.43. The predicted molar refractivity (Wildman–Crippen MR) is 138 cm³/mol. The standard InChI is InChI=1S/C25H29N7O3/c1-17-9-11-31-18(14-17)6-7-21(31)19-8-10-26-25(27-19)28-20-15-23(32(33)34)22(16-24(20)35-5)30(4)13-12-29(2)3/h6-11,14-16H,12-13H2,1-5H3,(H,26,27,28). The SMILES string of the molecule is COc1cc(N(C)CCN(C)C)c([N+](=O)[O-])cc1Nc1nccc(-c2ccc3cc(C)ccn23)n1. The lowest BCUT2D eigenvalue weighted by Gasteiger charge is -2.22. The van der Waals surface area contributed by atoms with Crippen molar-refractivity contribution in [2.75, 3.05) is 51.6 Å². The number of nitrogens with zero attached hydrogens (tertiary/aromatic N) is 6. The summed E-state index contributed by atoms with van der Waals surface area (Å²) in [5.74, 6) is 0.769. The maximum Gasteiger partial charge on any atom is 0.294 e. The number of likely N-dealkylation sites (N-methyl/N-ethyl adjacent to an activating group) is 2. The van der Waals surface area contributed by atoms with Crippen molar-refractivity contribution in [2.45, 2.75) is 6.92 Å². The maximum absolute atomic E-state index is 11.9. The van der Waals surface area contributed by atoms with Gasteiger partial charge in [-0.25, -0.2) is 9.97 Å². The number of rotatable bonds is 9. The van der Waals surface area contributed by atoms with Gasteiger partial charge in [0.05, 0.1) is 29.1 Å². The summed E-state index contributed by atoms with van der Waals surface area (Å²) in [5.41, 5.74) is 4.75. The van der Waals surface area contributed by atoms with Crippen molar-refractivity contribution in [1.29, 1.82) is 0 Å². The Labute approximate surface area is 203 Å². The predicted octanol–water partition coefficient (Wildman–Crippen LogP) is 4.36. The van der Waals surface area contributed by atoms with Gasteiger partial charge in [-0.3, -0.25) is 10.1 Å². The number of hydrogen-bond acceptors (Lipinski definition) is 8. The number of anilines is 3. The van der Waals surface area contributed by atoms with Crippen molar-refractivity contribution in [3.63, 3.8) is 0 Å². The van der Waals surface area contributed by atoms with E-state index in [1.54, 1.807) is 12.3 Å². The minimum atomic E-state index is -0.391. The zero-order chi connectivity index (χ0) is 25.1. The number of nitro groups is 1. The fraction of sp³-hybridized carbons (Fsp3) is 0.280. The summed E-state index contributed by atoms with van der Waals surface area (Å²) in [6, 6.07) is 13.1. The third-order valence-corrected chi connectivity index (χ3v) is 5.76. The Morgan fingerprint density at radius 1 is 1.11 bits per heavy atom. The zero-order valence-corrected chi connectivity index (χ0v) is 20.5. The number of nitrogens with one attached hydrogen (secondary N) is 1. The summed E-state index contributed by atoms with van der Waals surface area (Å²) in [4.78, 5) is 24.4. The maximum atomic E-state index is 11.9. The number of methoxy groups -OCH3 is 1. The van der Waals surface area contributed by atoms with Crippen LogP contribution in [0.15, 0.2) is 54.9 Å². The number of aromatic nitrogens is 3. The van der Waals surface area contributed by atoms with Gasteiger partial charge in [-0.05, 0) is 56.9 Å². The second-order valence-corrected chi connectivity index (χ2v) is 8.63. The van der Waals surface area contributed by atoms with E-state index >= 15 is 0 Å². The summed E-state index contributed by atoms with van der Waals surface area (Å²) in [7, 11) is 7.28. The molecule has 0 fully saturated rings. The van der Waals surface area contributed by atoms with Crippen molar-refractivity contribution in [2.24, 2.45) is 0 Å².